The molecule has 0 spiro atoms. The highest BCUT2D eigenvalue weighted by atomic mass is 32.2. The van der Waals surface area contributed by atoms with E-state index in [1.807, 2.05) is 19.1 Å². The Balaban J connectivity index is 1.46. The first-order chi connectivity index (χ1) is 14.6. The van der Waals surface area contributed by atoms with Crippen LogP contribution in [0.15, 0.2) is 64.6 Å². The van der Waals surface area contributed by atoms with Crippen LogP contribution in [-0.4, -0.2) is 30.1 Å². The van der Waals surface area contributed by atoms with Crippen LogP contribution in [0.3, 0.4) is 0 Å². The van der Waals surface area contributed by atoms with Crippen molar-refractivity contribution in [3.05, 3.63) is 65.9 Å². The highest BCUT2D eigenvalue weighted by Crippen LogP contribution is 2.41. The molecule has 2 aromatic carbocycles. The molecular formula is C22H17N3O4S. The number of aromatic nitrogens is 1. The van der Waals surface area contributed by atoms with Gasteiger partial charge in [-0.1, -0.05) is 11.8 Å². The molecule has 0 saturated carbocycles. The van der Waals surface area contributed by atoms with Crippen molar-refractivity contribution in [1.29, 1.82) is 0 Å². The molecule has 2 aliphatic rings. The van der Waals surface area contributed by atoms with E-state index in [0.717, 1.165) is 10.6 Å². The SMILES string of the molecule is CCN1C(=O)c2cccnc2Sc2cc(NC(=O)c3ccc4c(c3)OCO4)ccc21. The first kappa shape index (κ1) is 18.5. The fourth-order valence-electron chi connectivity index (χ4n) is 3.45. The third kappa shape index (κ3) is 3.15. The zero-order valence-electron chi connectivity index (χ0n) is 16.0. The number of ether oxygens (including phenoxy) is 2. The zero-order valence-corrected chi connectivity index (χ0v) is 16.9. The summed E-state index contributed by atoms with van der Waals surface area (Å²) in [7, 11) is 0. The van der Waals surface area contributed by atoms with E-state index in [1.54, 1.807) is 47.5 Å². The average Bonchev–Trinajstić information content (AvgIpc) is 3.19. The second kappa shape index (κ2) is 7.38. The van der Waals surface area contributed by atoms with Gasteiger partial charge < -0.3 is 19.7 Å². The third-order valence-electron chi connectivity index (χ3n) is 4.91. The number of hydrogen-bond donors (Lipinski definition) is 1. The molecule has 3 aromatic rings. The van der Waals surface area contributed by atoms with Crippen molar-refractivity contribution >= 4 is 35.0 Å². The maximum absolute atomic E-state index is 13.0. The molecule has 0 atom stereocenters. The maximum atomic E-state index is 13.0. The molecule has 150 valence electrons. The van der Waals surface area contributed by atoms with Gasteiger partial charge in [-0.3, -0.25) is 9.59 Å². The number of benzene rings is 2. The van der Waals surface area contributed by atoms with Crippen LogP contribution in [0.25, 0.3) is 0 Å². The van der Waals surface area contributed by atoms with E-state index in [0.29, 0.717) is 39.9 Å². The molecule has 3 heterocycles. The normalized spacial score (nSPS) is 14.0. The van der Waals surface area contributed by atoms with Gasteiger partial charge >= 0.3 is 0 Å². The van der Waals surface area contributed by atoms with Crippen LogP contribution < -0.4 is 19.7 Å². The fourth-order valence-corrected chi connectivity index (χ4v) is 4.50. The standard InChI is InChI=1S/C22H17N3O4S/c1-2-25-16-7-6-14(11-19(16)30-21-15(22(25)27)4-3-9-23-21)24-20(26)13-5-8-17-18(10-13)29-12-28-17/h3-11H,2,12H2,1H3,(H,24,26). The van der Waals surface area contributed by atoms with Crippen LogP contribution in [0.2, 0.25) is 0 Å². The third-order valence-corrected chi connectivity index (χ3v) is 5.98. The lowest BCUT2D eigenvalue weighted by molar-refractivity contribution is 0.0983. The number of carbonyl (C=O) groups excluding carboxylic acids is 2. The fraction of sp³-hybridized carbons (Fsp3) is 0.136. The lowest BCUT2D eigenvalue weighted by Gasteiger charge is -2.21. The Morgan fingerprint density at radius 3 is 2.90 bits per heavy atom. The molecule has 1 aromatic heterocycles. The van der Waals surface area contributed by atoms with Crippen LogP contribution in [0.1, 0.15) is 27.6 Å². The molecule has 2 amide bonds. The van der Waals surface area contributed by atoms with Gasteiger partial charge in [0.1, 0.15) is 5.03 Å². The Labute approximate surface area is 177 Å². The number of pyridine rings is 1. The van der Waals surface area contributed by atoms with E-state index >= 15 is 0 Å². The van der Waals surface area contributed by atoms with E-state index in [2.05, 4.69) is 10.3 Å². The minimum atomic E-state index is -0.256. The van der Waals surface area contributed by atoms with Crippen molar-refractivity contribution in [3.63, 3.8) is 0 Å². The summed E-state index contributed by atoms with van der Waals surface area (Å²) in [5, 5.41) is 3.57. The summed E-state index contributed by atoms with van der Waals surface area (Å²) in [6.07, 6.45) is 1.67. The van der Waals surface area contributed by atoms with E-state index in [4.69, 9.17) is 9.47 Å². The van der Waals surface area contributed by atoms with Gasteiger partial charge in [0.25, 0.3) is 11.8 Å². The van der Waals surface area contributed by atoms with Gasteiger partial charge in [-0.2, -0.15) is 0 Å². The van der Waals surface area contributed by atoms with Crippen molar-refractivity contribution in [2.75, 3.05) is 23.6 Å². The van der Waals surface area contributed by atoms with Gasteiger partial charge in [0, 0.05) is 28.9 Å². The van der Waals surface area contributed by atoms with Gasteiger partial charge in [0.15, 0.2) is 11.5 Å². The quantitative estimate of drug-likeness (QED) is 0.686. The van der Waals surface area contributed by atoms with Crippen LogP contribution in [0.5, 0.6) is 11.5 Å². The summed E-state index contributed by atoms with van der Waals surface area (Å²) in [6, 6.07) is 14.1. The molecule has 30 heavy (non-hydrogen) atoms. The number of rotatable bonds is 3. The molecule has 0 unspecified atom stereocenters. The average molecular weight is 419 g/mol. The second-order valence-electron chi connectivity index (χ2n) is 6.71. The lowest BCUT2D eigenvalue weighted by Crippen LogP contribution is -2.30. The van der Waals surface area contributed by atoms with Crippen molar-refractivity contribution in [2.45, 2.75) is 16.8 Å². The number of fused-ring (bicyclic) bond motifs is 3. The first-order valence-electron chi connectivity index (χ1n) is 9.44. The molecule has 2 aliphatic heterocycles. The molecule has 0 bridgehead atoms. The monoisotopic (exact) mass is 419 g/mol. The Kier molecular flexibility index (Phi) is 4.55. The van der Waals surface area contributed by atoms with Crippen molar-refractivity contribution < 1.29 is 19.1 Å². The zero-order chi connectivity index (χ0) is 20.7. The van der Waals surface area contributed by atoms with Crippen LogP contribution in [0, 0.1) is 0 Å². The summed E-state index contributed by atoms with van der Waals surface area (Å²) in [5.74, 6) is 0.848. The highest BCUT2D eigenvalue weighted by molar-refractivity contribution is 7.99. The highest BCUT2D eigenvalue weighted by Gasteiger charge is 2.27. The number of amides is 2. The Hall–Kier alpha value is -3.52. The molecule has 0 aliphatic carbocycles. The molecule has 7 nitrogen and oxygen atoms in total. The Morgan fingerprint density at radius 2 is 2.03 bits per heavy atom. The van der Waals surface area contributed by atoms with Crippen molar-refractivity contribution in [2.24, 2.45) is 0 Å². The molecule has 0 fully saturated rings. The predicted octanol–water partition coefficient (Wildman–Crippen LogP) is 4.19. The van der Waals surface area contributed by atoms with Crippen molar-refractivity contribution in [1.82, 2.24) is 4.98 Å². The smallest absolute Gasteiger partial charge is 0.261 e. The van der Waals surface area contributed by atoms with Crippen LogP contribution in [0.4, 0.5) is 11.4 Å². The summed E-state index contributed by atoms with van der Waals surface area (Å²) < 4.78 is 10.6. The molecule has 1 N–H and O–H groups in total. The van der Waals surface area contributed by atoms with Gasteiger partial charge in [0.2, 0.25) is 6.79 Å². The number of carbonyl (C=O) groups is 2. The van der Waals surface area contributed by atoms with Crippen molar-refractivity contribution in [3.8, 4) is 11.5 Å². The van der Waals surface area contributed by atoms with Gasteiger partial charge in [-0.15, -0.1) is 0 Å². The molecule has 8 heteroatoms. The summed E-state index contributed by atoms with van der Waals surface area (Å²) >= 11 is 1.42. The van der Waals surface area contributed by atoms with Crippen LogP contribution >= 0.6 is 11.8 Å². The largest absolute Gasteiger partial charge is 0.454 e. The van der Waals surface area contributed by atoms with Gasteiger partial charge in [0.05, 0.1) is 11.3 Å². The van der Waals surface area contributed by atoms with Gasteiger partial charge in [-0.25, -0.2) is 4.98 Å². The Morgan fingerprint density at radius 1 is 1.17 bits per heavy atom. The minimum Gasteiger partial charge on any atom is -0.454 e. The molecule has 0 radical (unpaired) electrons. The summed E-state index contributed by atoms with van der Waals surface area (Å²) in [5.41, 5.74) is 2.48. The first-order valence-corrected chi connectivity index (χ1v) is 10.3. The van der Waals surface area contributed by atoms with E-state index in [1.165, 1.54) is 11.8 Å². The Bertz CT molecular complexity index is 1180. The predicted molar refractivity (Wildman–Crippen MR) is 113 cm³/mol. The number of anilines is 2. The van der Waals surface area contributed by atoms with E-state index in [9.17, 15) is 9.59 Å². The van der Waals surface area contributed by atoms with Crippen LogP contribution in [-0.2, 0) is 0 Å². The topological polar surface area (TPSA) is 80.8 Å². The second-order valence-corrected chi connectivity index (χ2v) is 7.74. The summed E-state index contributed by atoms with van der Waals surface area (Å²) in [6.45, 7) is 2.62. The summed E-state index contributed by atoms with van der Waals surface area (Å²) in [4.78, 5) is 32.6. The number of nitrogens with one attached hydrogen (secondary N) is 1. The molecule has 5 rings (SSSR count). The number of hydrogen-bond acceptors (Lipinski definition) is 6. The maximum Gasteiger partial charge on any atom is 0.261 e. The lowest BCUT2D eigenvalue weighted by atomic mass is 10.1. The minimum absolute atomic E-state index is 0.0796. The van der Waals surface area contributed by atoms with E-state index in [-0.39, 0.29) is 18.6 Å². The molecule has 0 saturated heterocycles. The number of nitrogens with zero attached hydrogens (tertiary/aromatic N) is 2. The molecular weight excluding hydrogens is 402 g/mol. The van der Waals surface area contributed by atoms with Gasteiger partial charge in [-0.05, 0) is 55.5 Å². The van der Waals surface area contributed by atoms with E-state index < -0.39 is 0 Å².